The van der Waals surface area contributed by atoms with E-state index >= 15 is 0 Å². The highest BCUT2D eigenvalue weighted by Crippen LogP contribution is 2.18. The number of carboxylic acid groups (broad SMARTS) is 1. The number of nitrogens with one attached hydrogen (secondary N) is 2. The fraction of sp³-hybridized carbons (Fsp3) is 0.308. The third-order valence-corrected chi connectivity index (χ3v) is 3.00. The Kier molecular flexibility index (Phi) is 3.79. The summed E-state index contributed by atoms with van der Waals surface area (Å²) in [6.45, 7) is 1.87. The van der Waals surface area contributed by atoms with Gasteiger partial charge in [0.1, 0.15) is 0 Å². The summed E-state index contributed by atoms with van der Waals surface area (Å²) in [5.41, 5.74) is 1.55. The molecule has 0 saturated carbocycles. The predicted molar refractivity (Wildman–Crippen MR) is 69.8 cm³/mol. The fourth-order valence-corrected chi connectivity index (χ4v) is 1.91. The zero-order valence-electron chi connectivity index (χ0n) is 10.5. The van der Waals surface area contributed by atoms with E-state index in [9.17, 15) is 9.59 Å². The molecular weight excluding hydrogens is 246 g/mol. The van der Waals surface area contributed by atoms with Crippen LogP contribution >= 0.6 is 0 Å². The lowest BCUT2D eigenvalue weighted by Gasteiger charge is -2.13. The van der Waals surface area contributed by atoms with Gasteiger partial charge in [-0.25, -0.2) is 4.79 Å². The van der Waals surface area contributed by atoms with Crippen LogP contribution < -0.4 is 10.6 Å². The Morgan fingerprint density at radius 3 is 2.84 bits per heavy atom. The number of hydrogen-bond acceptors (Lipinski definition) is 3. The van der Waals surface area contributed by atoms with Crippen LogP contribution in [0.3, 0.4) is 0 Å². The van der Waals surface area contributed by atoms with Crippen LogP contribution in [0, 0.1) is 12.8 Å². The number of aliphatic carboxylic acids is 1. The van der Waals surface area contributed by atoms with E-state index in [0.29, 0.717) is 12.1 Å². The number of amides is 2. The molecule has 0 aromatic carbocycles. The molecule has 2 atom stereocenters. The van der Waals surface area contributed by atoms with Crippen LogP contribution in [-0.4, -0.2) is 28.1 Å². The molecule has 1 aromatic heterocycles. The van der Waals surface area contributed by atoms with Crippen molar-refractivity contribution in [2.75, 3.05) is 5.32 Å². The van der Waals surface area contributed by atoms with Crippen molar-refractivity contribution in [2.24, 2.45) is 5.92 Å². The first-order valence-electron chi connectivity index (χ1n) is 5.95. The molecule has 0 saturated heterocycles. The molecule has 100 valence electrons. The molecule has 6 nitrogen and oxygen atoms in total. The lowest BCUT2D eigenvalue weighted by atomic mass is 10.1. The van der Waals surface area contributed by atoms with Crippen molar-refractivity contribution in [3.63, 3.8) is 0 Å². The van der Waals surface area contributed by atoms with E-state index in [0.717, 1.165) is 5.56 Å². The van der Waals surface area contributed by atoms with Crippen molar-refractivity contribution in [3.8, 4) is 0 Å². The molecule has 0 bridgehead atoms. The topological polar surface area (TPSA) is 91.3 Å². The number of aromatic nitrogens is 1. The van der Waals surface area contributed by atoms with E-state index < -0.39 is 11.9 Å². The normalized spacial score (nSPS) is 21.1. The van der Waals surface area contributed by atoms with Crippen LogP contribution in [0.5, 0.6) is 0 Å². The number of aryl methyl sites for hydroxylation is 1. The van der Waals surface area contributed by atoms with Gasteiger partial charge in [-0.3, -0.25) is 9.78 Å². The van der Waals surface area contributed by atoms with Gasteiger partial charge in [-0.1, -0.05) is 12.2 Å². The predicted octanol–water partition coefficient (Wildman–Crippen LogP) is 1.54. The number of carbonyl (C=O) groups excluding carboxylic acids is 1. The molecule has 6 heteroatoms. The summed E-state index contributed by atoms with van der Waals surface area (Å²) in [5.74, 6) is -1.39. The number of hydrogen-bond donors (Lipinski definition) is 3. The molecular formula is C13H15N3O3. The number of anilines is 1. The summed E-state index contributed by atoms with van der Waals surface area (Å²) in [6, 6.07) is 1.18. The second-order valence-corrected chi connectivity index (χ2v) is 4.46. The molecule has 1 aliphatic rings. The van der Waals surface area contributed by atoms with Crippen molar-refractivity contribution in [2.45, 2.75) is 19.4 Å². The van der Waals surface area contributed by atoms with Gasteiger partial charge < -0.3 is 15.7 Å². The number of urea groups is 1. The van der Waals surface area contributed by atoms with Crippen molar-refractivity contribution >= 4 is 17.7 Å². The summed E-state index contributed by atoms with van der Waals surface area (Å²) in [4.78, 5) is 26.5. The van der Waals surface area contributed by atoms with Crippen LogP contribution in [0.1, 0.15) is 12.0 Å². The monoisotopic (exact) mass is 261 g/mol. The maximum Gasteiger partial charge on any atom is 0.319 e. The molecule has 2 unspecified atom stereocenters. The fourth-order valence-electron chi connectivity index (χ4n) is 1.91. The molecule has 19 heavy (non-hydrogen) atoms. The maximum atomic E-state index is 11.8. The zero-order chi connectivity index (χ0) is 13.8. The van der Waals surface area contributed by atoms with E-state index in [4.69, 9.17) is 5.11 Å². The average molecular weight is 261 g/mol. The summed E-state index contributed by atoms with van der Waals surface area (Å²) in [7, 11) is 0. The Labute approximate surface area is 110 Å². The lowest BCUT2D eigenvalue weighted by Crippen LogP contribution is -2.36. The van der Waals surface area contributed by atoms with Gasteiger partial charge in [0.25, 0.3) is 0 Å². The van der Waals surface area contributed by atoms with Crippen LogP contribution in [0.2, 0.25) is 0 Å². The van der Waals surface area contributed by atoms with E-state index in [1.165, 1.54) is 0 Å². The average Bonchev–Trinajstić information content (AvgIpc) is 2.80. The molecule has 1 aliphatic carbocycles. The lowest BCUT2D eigenvalue weighted by molar-refractivity contribution is -0.140. The number of pyridine rings is 1. The van der Waals surface area contributed by atoms with Crippen molar-refractivity contribution in [3.05, 3.63) is 36.2 Å². The minimum absolute atomic E-state index is 0.252. The van der Waals surface area contributed by atoms with Gasteiger partial charge in [0.05, 0.1) is 23.8 Å². The van der Waals surface area contributed by atoms with Gasteiger partial charge in [0, 0.05) is 6.20 Å². The summed E-state index contributed by atoms with van der Waals surface area (Å²) < 4.78 is 0. The quantitative estimate of drug-likeness (QED) is 0.720. The van der Waals surface area contributed by atoms with Crippen LogP contribution in [0.4, 0.5) is 10.5 Å². The smallest absolute Gasteiger partial charge is 0.319 e. The highest BCUT2D eigenvalue weighted by molar-refractivity contribution is 5.90. The number of rotatable bonds is 3. The Hall–Kier alpha value is -2.37. The van der Waals surface area contributed by atoms with E-state index in [1.807, 2.05) is 6.92 Å². The van der Waals surface area contributed by atoms with Crippen molar-refractivity contribution in [1.29, 1.82) is 0 Å². The van der Waals surface area contributed by atoms with Crippen molar-refractivity contribution < 1.29 is 14.7 Å². The Bertz CT molecular complexity index is 528. The van der Waals surface area contributed by atoms with Gasteiger partial charge in [-0.05, 0) is 25.0 Å². The van der Waals surface area contributed by atoms with Crippen LogP contribution in [0.15, 0.2) is 30.6 Å². The SMILES string of the molecule is Cc1ccncc1NC(=O)NC1C=CC(C(=O)O)C1. The molecule has 0 aliphatic heterocycles. The molecule has 0 fully saturated rings. The van der Waals surface area contributed by atoms with Gasteiger partial charge in [0.2, 0.25) is 0 Å². The molecule has 1 heterocycles. The Morgan fingerprint density at radius 1 is 1.42 bits per heavy atom. The second-order valence-electron chi connectivity index (χ2n) is 4.46. The Morgan fingerprint density at radius 2 is 2.21 bits per heavy atom. The molecule has 0 radical (unpaired) electrons. The van der Waals surface area contributed by atoms with E-state index in [-0.39, 0.29) is 12.1 Å². The zero-order valence-corrected chi connectivity index (χ0v) is 10.5. The summed E-state index contributed by atoms with van der Waals surface area (Å²) in [5, 5.41) is 14.2. The highest BCUT2D eigenvalue weighted by atomic mass is 16.4. The van der Waals surface area contributed by atoms with Gasteiger partial charge >= 0.3 is 12.0 Å². The van der Waals surface area contributed by atoms with Gasteiger partial charge in [0.15, 0.2) is 0 Å². The Balaban J connectivity index is 1.88. The summed E-state index contributed by atoms with van der Waals surface area (Å²) >= 11 is 0. The first kappa shape index (κ1) is 13.1. The molecule has 1 aromatic rings. The van der Waals surface area contributed by atoms with E-state index in [2.05, 4.69) is 15.6 Å². The number of carbonyl (C=O) groups is 2. The van der Waals surface area contributed by atoms with Gasteiger partial charge in [-0.15, -0.1) is 0 Å². The number of carboxylic acids is 1. The first-order chi connectivity index (χ1) is 9.06. The molecule has 0 spiro atoms. The third kappa shape index (κ3) is 3.31. The summed E-state index contributed by atoms with van der Waals surface area (Å²) in [6.07, 6.45) is 6.90. The molecule has 3 N–H and O–H groups in total. The van der Waals surface area contributed by atoms with Crippen LogP contribution in [-0.2, 0) is 4.79 Å². The van der Waals surface area contributed by atoms with Gasteiger partial charge in [-0.2, -0.15) is 0 Å². The first-order valence-corrected chi connectivity index (χ1v) is 5.95. The third-order valence-electron chi connectivity index (χ3n) is 3.00. The number of nitrogens with zero attached hydrogens (tertiary/aromatic N) is 1. The van der Waals surface area contributed by atoms with E-state index in [1.54, 1.807) is 30.6 Å². The van der Waals surface area contributed by atoms with Crippen LogP contribution in [0.25, 0.3) is 0 Å². The minimum atomic E-state index is -0.871. The molecule has 2 amide bonds. The maximum absolute atomic E-state index is 11.8. The van der Waals surface area contributed by atoms with Crippen molar-refractivity contribution in [1.82, 2.24) is 10.3 Å². The highest BCUT2D eigenvalue weighted by Gasteiger charge is 2.25. The minimum Gasteiger partial charge on any atom is -0.481 e. The largest absolute Gasteiger partial charge is 0.481 e. The second kappa shape index (κ2) is 5.51. The molecule has 2 rings (SSSR count). The standard InChI is InChI=1S/C13H15N3O3/c1-8-4-5-14-7-11(8)16-13(19)15-10-3-2-9(6-10)12(17)18/h2-5,7,9-10H,6H2,1H3,(H,17,18)(H2,15,16,19).